The van der Waals surface area contributed by atoms with Crippen LogP contribution in [0.3, 0.4) is 0 Å². The maximum absolute atomic E-state index is 12.7. The zero-order valence-corrected chi connectivity index (χ0v) is 16.5. The van der Waals surface area contributed by atoms with Crippen molar-refractivity contribution in [2.75, 3.05) is 17.7 Å². The Labute approximate surface area is 165 Å². The molecule has 0 aliphatic rings. The third kappa shape index (κ3) is 4.65. The molecule has 0 fully saturated rings. The fourth-order valence-electron chi connectivity index (χ4n) is 2.76. The molecule has 0 aliphatic heterocycles. The van der Waals surface area contributed by atoms with Crippen LogP contribution >= 0.6 is 0 Å². The topological polar surface area (TPSA) is 76.1 Å². The highest BCUT2D eigenvalue weighted by Gasteiger charge is 2.12. The number of hydrogen-bond donors (Lipinski definition) is 2. The lowest BCUT2D eigenvalue weighted by Crippen LogP contribution is -2.15. The van der Waals surface area contributed by atoms with Gasteiger partial charge in [0, 0.05) is 11.4 Å². The first-order valence-electron chi connectivity index (χ1n) is 9.13. The molecule has 0 atom stereocenters. The van der Waals surface area contributed by atoms with Crippen LogP contribution in [0.1, 0.15) is 41.5 Å². The molecule has 0 unspecified atom stereocenters. The number of anilines is 3. The number of aryl methyl sites for hydroxylation is 1. The van der Waals surface area contributed by atoms with E-state index in [0.29, 0.717) is 23.3 Å². The monoisotopic (exact) mass is 376 g/mol. The molecule has 2 N–H and O–H groups in total. The molecule has 28 heavy (non-hydrogen) atoms. The van der Waals surface area contributed by atoms with E-state index in [1.165, 1.54) is 5.56 Å². The molecule has 144 valence electrons. The van der Waals surface area contributed by atoms with E-state index < -0.39 is 0 Å². The van der Waals surface area contributed by atoms with Gasteiger partial charge in [-0.25, -0.2) is 9.97 Å². The van der Waals surface area contributed by atoms with Crippen LogP contribution in [-0.4, -0.2) is 23.0 Å². The SMILES string of the molecule is COc1ccccc1Nc1nc(C)cc(C(=O)Nc2ccc(C(C)C)cc2)n1. The quantitative estimate of drug-likeness (QED) is 0.639. The zero-order valence-electron chi connectivity index (χ0n) is 16.5. The molecule has 0 spiro atoms. The number of carbonyl (C=O) groups is 1. The maximum atomic E-state index is 12.7. The van der Waals surface area contributed by atoms with E-state index in [2.05, 4.69) is 34.4 Å². The zero-order chi connectivity index (χ0) is 20.1. The summed E-state index contributed by atoms with van der Waals surface area (Å²) < 4.78 is 5.33. The highest BCUT2D eigenvalue weighted by Crippen LogP contribution is 2.26. The summed E-state index contributed by atoms with van der Waals surface area (Å²) in [4.78, 5) is 21.4. The van der Waals surface area contributed by atoms with Crippen molar-refractivity contribution in [3.63, 3.8) is 0 Å². The first-order valence-corrected chi connectivity index (χ1v) is 9.13. The molecule has 1 aromatic heterocycles. The molecule has 6 heteroatoms. The van der Waals surface area contributed by atoms with Crippen molar-refractivity contribution in [1.82, 2.24) is 9.97 Å². The van der Waals surface area contributed by atoms with Gasteiger partial charge in [0.15, 0.2) is 0 Å². The van der Waals surface area contributed by atoms with E-state index in [4.69, 9.17) is 4.74 Å². The smallest absolute Gasteiger partial charge is 0.274 e. The average Bonchev–Trinajstić information content (AvgIpc) is 2.68. The summed E-state index contributed by atoms with van der Waals surface area (Å²) in [5.74, 6) is 1.16. The molecule has 0 bridgehead atoms. The Bertz CT molecular complexity index is 969. The molecule has 1 heterocycles. The normalized spacial score (nSPS) is 10.6. The third-order valence-electron chi connectivity index (χ3n) is 4.28. The van der Waals surface area contributed by atoms with E-state index in [1.807, 2.05) is 55.5 Å². The molecule has 3 rings (SSSR count). The van der Waals surface area contributed by atoms with Gasteiger partial charge in [0.2, 0.25) is 5.95 Å². The van der Waals surface area contributed by atoms with Crippen molar-refractivity contribution in [2.45, 2.75) is 26.7 Å². The highest BCUT2D eigenvalue weighted by atomic mass is 16.5. The van der Waals surface area contributed by atoms with E-state index in [-0.39, 0.29) is 11.6 Å². The van der Waals surface area contributed by atoms with E-state index >= 15 is 0 Å². The Morgan fingerprint density at radius 1 is 1.04 bits per heavy atom. The Morgan fingerprint density at radius 3 is 2.43 bits per heavy atom. The Morgan fingerprint density at radius 2 is 1.75 bits per heavy atom. The van der Waals surface area contributed by atoms with Gasteiger partial charge >= 0.3 is 0 Å². The minimum Gasteiger partial charge on any atom is -0.495 e. The van der Waals surface area contributed by atoms with Crippen LogP contribution in [0.25, 0.3) is 0 Å². The minimum atomic E-state index is -0.286. The van der Waals surface area contributed by atoms with E-state index in [9.17, 15) is 4.79 Å². The number of nitrogens with zero attached hydrogens (tertiary/aromatic N) is 2. The van der Waals surface area contributed by atoms with Gasteiger partial charge in [-0.3, -0.25) is 4.79 Å². The first-order chi connectivity index (χ1) is 13.5. The molecule has 1 amide bonds. The largest absolute Gasteiger partial charge is 0.495 e. The number of carbonyl (C=O) groups excluding carboxylic acids is 1. The summed E-state index contributed by atoms with van der Waals surface area (Å²) >= 11 is 0. The molecule has 6 nitrogen and oxygen atoms in total. The number of benzene rings is 2. The number of nitrogens with one attached hydrogen (secondary N) is 2. The van der Waals surface area contributed by atoms with Crippen molar-refractivity contribution < 1.29 is 9.53 Å². The van der Waals surface area contributed by atoms with E-state index in [1.54, 1.807) is 13.2 Å². The highest BCUT2D eigenvalue weighted by molar-refractivity contribution is 6.03. The van der Waals surface area contributed by atoms with Crippen molar-refractivity contribution in [3.05, 3.63) is 71.5 Å². The molecule has 2 aromatic carbocycles. The number of para-hydroxylation sites is 2. The van der Waals surface area contributed by atoms with Gasteiger partial charge in [0.05, 0.1) is 12.8 Å². The Kier molecular flexibility index (Phi) is 5.89. The predicted octanol–water partition coefficient (Wildman–Crippen LogP) is 4.91. The van der Waals surface area contributed by atoms with Crippen molar-refractivity contribution in [1.29, 1.82) is 0 Å². The van der Waals surface area contributed by atoms with Crippen LogP contribution in [0.4, 0.5) is 17.3 Å². The summed E-state index contributed by atoms with van der Waals surface area (Å²) in [5, 5.41) is 6.00. The van der Waals surface area contributed by atoms with Crippen LogP contribution in [-0.2, 0) is 0 Å². The van der Waals surface area contributed by atoms with Gasteiger partial charge in [0.25, 0.3) is 5.91 Å². The van der Waals surface area contributed by atoms with Gasteiger partial charge < -0.3 is 15.4 Å². The van der Waals surface area contributed by atoms with Crippen LogP contribution in [0.15, 0.2) is 54.6 Å². The molecular weight excluding hydrogens is 352 g/mol. The maximum Gasteiger partial charge on any atom is 0.274 e. The van der Waals surface area contributed by atoms with Crippen LogP contribution in [0.5, 0.6) is 5.75 Å². The third-order valence-corrected chi connectivity index (χ3v) is 4.28. The number of aromatic nitrogens is 2. The van der Waals surface area contributed by atoms with Crippen molar-refractivity contribution in [3.8, 4) is 5.75 Å². The minimum absolute atomic E-state index is 0.286. The van der Waals surface area contributed by atoms with Gasteiger partial charge in [-0.2, -0.15) is 0 Å². The number of rotatable bonds is 6. The van der Waals surface area contributed by atoms with Crippen LogP contribution < -0.4 is 15.4 Å². The number of amides is 1. The summed E-state index contributed by atoms with van der Waals surface area (Å²) in [6, 6.07) is 16.9. The second-order valence-electron chi connectivity index (χ2n) is 6.77. The summed E-state index contributed by atoms with van der Waals surface area (Å²) in [7, 11) is 1.60. The molecular formula is C22H24N4O2. The fraction of sp³-hybridized carbons (Fsp3) is 0.227. The Balaban J connectivity index is 1.79. The molecule has 0 aliphatic carbocycles. The second kappa shape index (κ2) is 8.52. The van der Waals surface area contributed by atoms with Gasteiger partial charge in [-0.1, -0.05) is 38.1 Å². The molecule has 0 saturated heterocycles. The van der Waals surface area contributed by atoms with Gasteiger partial charge in [0.1, 0.15) is 11.4 Å². The van der Waals surface area contributed by atoms with Crippen LogP contribution in [0.2, 0.25) is 0 Å². The van der Waals surface area contributed by atoms with Gasteiger partial charge in [-0.15, -0.1) is 0 Å². The van der Waals surface area contributed by atoms with Crippen molar-refractivity contribution >= 4 is 23.2 Å². The Hall–Kier alpha value is -3.41. The number of hydrogen-bond acceptors (Lipinski definition) is 5. The van der Waals surface area contributed by atoms with E-state index in [0.717, 1.165) is 11.4 Å². The average molecular weight is 376 g/mol. The molecule has 0 saturated carbocycles. The summed E-state index contributed by atoms with van der Waals surface area (Å²) in [6.07, 6.45) is 0. The first kappa shape index (κ1) is 19.4. The lowest BCUT2D eigenvalue weighted by atomic mass is 10.0. The standard InChI is InChI=1S/C22H24N4O2/c1-14(2)16-9-11-17(12-10-16)24-21(27)19-13-15(3)23-22(26-19)25-18-7-5-6-8-20(18)28-4/h5-14H,1-4H3,(H,24,27)(H,23,25,26). The molecule has 0 radical (unpaired) electrons. The summed E-state index contributed by atoms with van der Waals surface area (Å²) in [6.45, 7) is 6.09. The van der Waals surface area contributed by atoms with Crippen molar-refractivity contribution in [2.24, 2.45) is 0 Å². The second-order valence-corrected chi connectivity index (χ2v) is 6.77. The number of ether oxygens (including phenoxy) is 1. The predicted molar refractivity (Wildman–Crippen MR) is 112 cm³/mol. The summed E-state index contributed by atoms with van der Waals surface area (Å²) in [5.41, 5.74) is 3.65. The van der Waals surface area contributed by atoms with Crippen LogP contribution in [0, 0.1) is 6.92 Å². The fourth-order valence-corrected chi connectivity index (χ4v) is 2.76. The lowest BCUT2D eigenvalue weighted by Gasteiger charge is -2.12. The number of methoxy groups -OCH3 is 1. The van der Waals surface area contributed by atoms with Gasteiger partial charge in [-0.05, 0) is 48.7 Å². The molecule has 3 aromatic rings. The lowest BCUT2D eigenvalue weighted by molar-refractivity contribution is 0.102.